The molecule has 4 aliphatic rings. The van der Waals surface area contributed by atoms with Crippen LogP contribution in [-0.4, -0.2) is 17.7 Å². The van der Waals surface area contributed by atoms with E-state index in [1.165, 1.54) is 51.5 Å². The van der Waals surface area contributed by atoms with Crippen LogP contribution in [0.25, 0.3) is 0 Å². The molecule has 5 atom stereocenters. The van der Waals surface area contributed by atoms with Crippen LogP contribution in [0.3, 0.4) is 0 Å². The molecule has 0 radical (unpaired) electrons. The smallest absolute Gasteiger partial charge is 0.305 e. The van der Waals surface area contributed by atoms with Gasteiger partial charge < -0.3 is 9.47 Å². The topological polar surface area (TPSA) is 52.6 Å². The molecule has 4 heteroatoms. The van der Waals surface area contributed by atoms with Crippen LogP contribution in [0.4, 0.5) is 0 Å². The number of allylic oxidation sites excluding steroid dienone is 1. The first-order chi connectivity index (χ1) is 12.3. The van der Waals surface area contributed by atoms with Gasteiger partial charge in [0, 0.05) is 26.7 Å². The van der Waals surface area contributed by atoms with Crippen molar-refractivity contribution in [1.82, 2.24) is 0 Å². The first-order valence-electron chi connectivity index (χ1n) is 10.4. The molecule has 3 saturated carbocycles. The Morgan fingerprint density at radius 2 is 1.73 bits per heavy atom. The zero-order valence-electron chi connectivity index (χ0n) is 16.4. The molecule has 4 aliphatic carbocycles. The lowest BCUT2D eigenvalue weighted by molar-refractivity contribution is -0.234. The quantitative estimate of drug-likeness (QED) is 0.404. The predicted molar refractivity (Wildman–Crippen MR) is 98.0 cm³/mol. The Hall–Kier alpha value is -1.32. The van der Waals surface area contributed by atoms with E-state index in [1.807, 2.05) is 0 Å². The van der Waals surface area contributed by atoms with Gasteiger partial charge in [0.05, 0.1) is 0 Å². The van der Waals surface area contributed by atoms with Crippen molar-refractivity contribution in [2.24, 2.45) is 29.1 Å². The summed E-state index contributed by atoms with van der Waals surface area (Å²) in [6.07, 6.45) is 12.6. The van der Waals surface area contributed by atoms with Crippen molar-refractivity contribution in [1.29, 1.82) is 0 Å². The molecule has 0 saturated heterocycles. The fraction of sp³-hybridized carbons (Fsp3) is 0.818. The second-order valence-corrected chi connectivity index (χ2v) is 9.45. The zero-order valence-corrected chi connectivity index (χ0v) is 16.4. The Labute approximate surface area is 156 Å². The third-order valence-electron chi connectivity index (χ3n) is 7.89. The van der Waals surface area contributed by atoms with Crippen molar-refractivity contribution in [2.45, 2.75) is 84.3 Å². The summed E-state index contributed by atoms with van der Waals surface area (Å²) in [4.78, 5) is 23.2. The first-order valence-corrected chi connectivity index (χ1v) is 10.4. The fourth-order valence-corrected chi connectivity index (χ4v) is 6.96. The van der Waals surface area contributed by atoms with Gasteiger partial charge in [-0.3, -0.25) is 9.59 Å². The highest BCUT2D eigenvalue weighted by Gasteiger charge is 2.54. The maximum atomic E-state index is 11.6. The standard InChI is InChI=1S/C22H32O4/c1-14(23)25-22(26-15(2)24)12-9-17-16(13-22)6-7-19-18(17)8-11-21(3)10-4-5-20(19)21/h6,17-20H,4-5,7-13H2,1-3H3/t17-,18+,19+,20-,21-/m0/s1. The van der Waals surface area contributed by atoms with Crippen molar-refractivity contribution in [3.8, 4) is 0 Å². The number of ether oxygens (including phenoxy) is 2. The number of carbonyl (C=O) groups excluding carboxylic acids is 2. The Balaban J connectivity index is 1.57. The third-order valence-corrected chi connectivity index (χ3v) is 7.89. The van der Waals surface area contributed by atoms with Gasteiger partial charge in [0.1, 0.15) is 0 Å². The summed E-state index contributed by atoms with van der Waals surface area (Å²) in [6.45, 7) is 5.31. The largest absolute Gasteiger partial charge is 0.422 e. The van der Waals surface area contributed by atoms with Gasteiger partial charge in [0.15, 0.2) is 0 Å². The minimum absolute atomic E-state index is 0.377. The van der Waals surface area contributed by atoms with Crippen LogP contribution in [0.5, 0.6) is 0 Å². The van der Waals surface area contributed by atoms with Crippen molar-refractivity contribution in [3.63, 3.8) is 0 Å². The summed E-state index contributed by atoms with van der Waals surface area (Å²) in [5.74, 6) is 1.21. The summed E-state index contributed by atoms with van der Waals surface area (Å²) in [5, 5.41) is 0. The van der Waals surface area contributed by atoms with Gasteiger partial charge >= 0.3 is 11.9 Å². The van der Waals surface area contributed by atoms with Crippen molar-refractivity contribution >= 4 is 11.9 Å². The highest BCUT2D eigenvalue weighted by molar-refractivity contribution is 5.69. The molecule has 0 bridgehead atoms. The van der Waals surface area contributed by atoms with Gasteiger partial charge in [-0.2, -0.15) is 0 Å². The normalized spacial score (nSPS) is 40.5. The number of esters is 2. The van der Waals surface area contributed by atoms with Gasteiger partial charge in [0.2, 0.25) is 0 Å². The Bertz CT molecular complexity index is 620. The summed E-state index contributed by atoms with van der Waals surface area (Å²) >= 11 is 0. The molecule has 0 heterocycles. The van der Waals surface area contributed by atoms with Crippen LogP contribution in [0.2, 0.25) is 0 Å². The van der Waals surface area contributed by atoms with Gasteiger partial charge in [-0.15, -0.1) is 0 Å². The van der Waals surface area contributed by atoms with Gasteiger partial charge in [-0.05, 0) is 67.6 Å². The lowest BCUT2D eigenvalue weighted by atomic mass is 9.53. The van der Waals surface area contributed by atoms with Gasteiger partial charge in [0.25, 0.3) is 5.79 Å². The summed E-state index contributed by atoms with van der Waals surface area (Å²) in [5.41, 5.74) is 1.93. The van der Waals surface area contributed by atoms with Crippen LogP contribution in [0.15, 0.2) is 11.6 Å². The lowest BCUT2D eigenvalue weighted by Gasteiger charge is -2.53. The monoisotopic (exact) mass is 360 g/mol. The van der Waals surface area contributed by atoms with Crippen molar-refractivity contribution in [3.05, 3.63) is 11.6 Å². The van der Waals surface area contributed by atoms with E-state index in [0.717, 1.165) is 30.6 Å². The molecule has 4 rings (SSSR count). The predicted octanol–water partition coefficient (Wildman–Crippen LogP) is 4.77. The van der Waals surface area contributed by atoms with Gasteiger partial charge in [-0.25, -0.2) is 0 Å². The molecule has 0 aromatic rings. The van der Waals surface area contributed by atoms with Crippen molar-refractivity contribution < 1.29 is 19.1 Å². The minimum Gasteiger partial charge on any atom is -0.422 e. The van der Waals surface area contributed by atoms with E-state index < -0.39 is 5.79 Å². The first kappa shape index (κ1) is 18.1. The molecule has 0 unspecified atom stereocenters. The number of hydrogen-bond acceptors (Lipinski definition) is 4. The van der Waals surface area contributed by atoms with E-state index in [9.17, 15) is 9.59 Å². The molecule has 144 valence electrons. The molecule has 4 nitrogen and oxygen atoms in total. The minimum atomic E-state index is -1.08. The Kier molecular flexibility index (Phi) is 4.44. The van der Waals surface area contributed by atoms with Crippen LogP contribution < -0.4 is 0 Å². The number of carbonyl (C=O) groups is 2. The van der Waals surface area contributed by atoms with Crippen LogP contribution >= 0.6 is 0 Å². The van der Waals surface area contributed by atoms with E-state index in [1.54, 1.807) is 0 Å². The number of hydrogen-bond donors (Lipinski definition) is 0. The SMILES string of the molecule is CC(=O)OC1(OC(C)=O)CC[C@H]2C(=CC[C@@H]3[C@@H]2CC[C@]2(C)CCC[C@@H]32)C1. The van der Waals surface area contributed by atoms with Crippen LogP contribution in [0, 0.1) is 29.1 Å². The molecule has 3 fully saturated rings. The second kappa shape index (κ2) is 6.38. The average Bonchev–Trinajstić information content (AvgIpc) is 2.94. The van der Waals surface area contributed by atoms with Gasteiger partial charge in [-0.1, -0.05) is 25.0 Å². The summed E-state index contributed by atoms with van der Waals surface area (Å²) in [7, 11) is 0. The molecule has 0 aliphatic heterocycles. The maximum Gasteiger partial charge on any atom is 0.305 e. The molecule has 0 spiro atoms. The highest BCUT2D eigenvalue weighted by atomic mass is 16.7. The molecular weight excluding hydrogens is 328 g/mol. The zero-order chi connectivity index (χ0) is 18.5. The summed E-state index contributed by atoms with van der Waals surface area (Å²) < 4.78 is 11.1. The van der Waals surface area contributed by atoms with E-state index >= 15 is 0 Å². The lowest BCUT2D eigenvalue weighted by Crippen LogP contribution is -2.49. The molecule has 0 N–H and O–H groups in total. The fourth-order valence-electron chi connectivity index (χ4n) is 6.96. The average molecular weight is 360 g/mol. The molecule has 0 aromatic heterocycles. The number of fused-ring (bicyclic) bond motifs is 5. The maximum absolute atomic E-state index is 11.6. The van der Waals surface area contributed by atoms with E-state index in [4.69, 9.17) is 9.47 Å². The molecule has 0 amide bonds. The van der Waals surface area contributed by atoms with Crippen LogP contribution in [-0.2, 0) is 19.1 Å². The molecular formula is C22H32O4. The Morgan fingerprint density at radius 1 is 1.00 bits per heavy atom. The number of rotatable bonds is 2. The highest BCUT2D eigenvalue weighted by Crippen LogP contribution is 2.61. The van der Waals surface area contributed by atoms with E-state index in [-0.39, 0.29) is 11.9 Å². The van der Waals surface area contributed by atoms with E-state index in [2.05, 4.69) is 13.0 Å². The Morgan fingerprint density at radius 3 is 2.42 bits per heavy atom. The van der Waals surface area contributed by atoms with Crippen LogP contribution in [0.1, 0.15) is 78.6 Å². The molecule has 26 heavy (non-hydrogen) atoms. The third kappa shape index (κ3) is 2.99. The summed E-state index contributed by atoms with van der Waals surface area (Å²) in [6, 6.07) is 0. The second-order valence-electron chi connectivity index (χ2n) is 9.45. The van der Waals surface area contributed by atoms with Crippen molar-refractivity contribution in [2.75, 3.05) is 0 Å². The van der Waals surface area contributed by atoms with E-state index in [0.29, 0.717) is 24.2 Å². The molecule has 0 aromatic carbocycles.